The maximum Gasteiger partial charge on any atom is 0.151 e. The van der Waals surface area contributed by atoms with Crippen LogP contribution in [0.1, 0.15) is 0 Å². The molecule has 0 amide bonds. The number of hydrogen-bond acceptors (Lipinski definition) is 5. The summed E-state index contributed by atoms with van der Waals surface area (Å²) in [5, 5.41) is 7.04. The monoisotopic (exact) mass is 190 g/mol. The van der Waals surface area contributed by atoms with Crippen LogP contribution in [0.25, 0.3) is 0 Å². The van der Waals surface area contributed by atoms with Crippen LogP contribution in [0.15, 0.2) is 24.8 Å². The molecule has 0 radical (unpaired) electrons. The van der Waals surface area contributed by atoms with Gasteiger partial charge in [-0.1, -0.05) is 0 Å². The van der Waals surface area contributed by atoms with Gasteiger partial charge in [0.15, 0.2) is 5.82 Å². The van der Waals surface area contributed by atoms with E-state index in [0.717, 1.165) is 5.69 Å². The smallest absolute Gasteiger partial charge is 0.151 e. The maximum atomic E-state index is 5.48. The van der Waals surface area contributed by atoms with E-state index in [1.165, 1.54) is 6.20 Å². The molecular formula is C8H10N6. The maximum absolute atomic E-state index is 5.48. The molecule has 0 aliphatic carbocycles. The van der Waals surface area contributed by atoms with Gasteiger partial charge in [0.2, 0.25) is 0 Å². The van der Waals surface area contributed by atoms with E-state index in [2.05, 4.69) is 20.4 Å². The number of hydrogen-bond donors (Lipinski definition) is 2. The van der Waals surface area contributed by atoms with Gasteiger partial charge in [-0.3, -0.25) is 9.67 Å². The van der Waals surface area contributed by atoms with E-state index >= 15 is 0 Å². The summed E-state index contributed by atoms with van der Waals surface area (Å²) in [7, 11) is 1.84. The Bertz CT molecular complexity index is 435. The van der Waals surface area contributed by atoms with Gasteiger partial charge >= 0.3 is 0 Å². The van der Waals surface area contributed by atoms with E-state index in [0.29, 0.717) is 11.6 Å². The minimum absolute atomic E-state index is 0.388. The summed E-state index contributed by atoms with van der Waals surface area (Å²) in [5.74, 6) is 0.997. The first-order chi connectivity index (χ1) is 6.74. The second kappa shape index (κ2) is 3.33. The van der Waals surface area contributed by atoms with Gasteiger partial charge < -0.3 is 11.1 Å². The average molecular weight is 190 g/mol. The summed E-state index contributed by atoms with van der Waals surface area (Å²) in [6.07, 6.45) is 6.63. The Hall–Kier alpha value is -2.11. The first kappa shape index (κ1) is 8.49. The molecule has 0 aliphatic heterocycles. The van der Waals surface area contributed by atoms with E-state index in [-0.39, 0.29) is 0 Å². The molecule has 0 fully saturated rings. The van der Waals surface area contributed by atoms with E-state index < -0.39 is 0 Å². The molecule has 0 aliphatic rings. The minimum Gasteiger partial charge on any atom is -0.382 e. The van der Waals surface area contributed by atoms with Crippen molar-refractivity contribution in [3.8, 4) is 0 Å². The Labute approximate surface area is 80.8 Å². The lowest BCUT2D eigenvalue weighted by atomic mass is 10.5. The van der Waals surface area contributed by atoms with Crippen molar-refractivity contribution in [2.75, 3.05) is 11.1 Å². The van der Waals surface area contributed by atoms with Crippen LogP contribution in [-0.4, -0.2) is 19.7 Å². The molecule has 0 spiro atoms. The number of aromatic nitrogens is 4. The number of anilines is 3. The number of rotatable bonds is 2. The average Bonchev–Trinajstić information content (AvgIpc) is 2.51. The largest absolute Gasteiger partial charge is 0.382 e. The summed E-state index contributed by atoms with van der Waals surface area (Å²) in [6.45, 7) is 0. The normalized spacial score (nSPS) is 10.1. The van der Waals surface area contributed by atoms with Crippen molar-refractivity contribution in [3.05, 3.63) is 24.8 Å². The fourth-order valence-corrected chi connectivity index (χ4v) is 1.07. The van der Waals surface area contributed by atoms with Crippen molar-refractivity contribution in [2.24, 2.45) is 7.05 Å². The molecule has 2 heterocycles. The van der Waals surface area contributed by atoms with Crippen molar-refractivity contribution in [1.82, 2.24) is 19.7 Å². The zero-order valence-electron chi connectivity index (χ0n) is 7.68. The summed E-state index contributed by atoms with van der Waals surface area (Å²) < 4.78 is 1.70. The highest BCUT2D eigenvalue weighted by Crippen LogP contribution is 2.12. The molecule has 14 heavy (non-hydrogen) atoms. The van der Waals surface area contributed by atoms with Crippen LogP contribution in [-0.2, 0) is 7.05 Å². The van der Waals surface area contributed by atoms with E-state index in [4.69, 9.17) is 5.73 Å². The van der Waals surface area contributed by atoms with Crippen molar-refractivity contribution in [1.29, 1.82) is 0 Å². The molecule has 2 aromatic rings. The predicted molar refractivity (Wildman–Crippen MR) is 52.9 cm³/mol. The second-order valence-electron chi connectivity index (χ2n) is 2.86. The SMILES string of the molecule is Cn1cc(Nc2cncc(N)n2)cn1. The zero-order valence-corrected chi connectivity index (χ0v) is 7.68. The third-order valence-corrected chi connectivity index (χ3v) is 1.63. The van der Waals surface area contributed by atoms with Crippen LogP contribution >= 0.6 is 0 Å². The summed E-state index contributed by atoms with van der Waals surface area (Å²) in [4.78, 5) is 7.95. The molecule has 6 nitrogen and oxygen atoms in total. The van der Waals surface area contributed by atoms with Crippen LogP contribution in [0.3, 0.4) is 0 Å². The van der Waals surface area contributed by atoms with Gasteiger partial charge in [-0.15, -0.1) is 0 Å². The third kappa shape index (κ3) is 1.79. The quantitative estimate of drug-likeness (QED) is 0.722. The molecule has 2 aromatic heterocycles. The number of aryl methyl sites for hydroxylation is 1. The highest BCUT2D eigenvalue weighted by Gasteiger charge is 1.98. The molecule has 2 rings (SSSR count). The fraction of sp³-hybridized carbons (Fsp3) is 0.125. The molecule has 0 bridgehead atoms. The number of nitrogens with zero attached hydrogens (tertiary/aromatic N) is 4. The summed E-state index contributed by atoms with van der Waals surface area (Å²) in [6, 6.07) is 0. The lowest BCUT2D eigenvalue weighted by molar-refractivity contribution is 0.768. The molecular weight excluding hydrogens is 180 g/mol. The second-order valence-corrected chi connectivity index (χ2v) is 2.86. The zero-order chi connectivity index (χ0) is 9.97. The van der Waals surface area contributed by atoms with Crippen LogP contribution in [0, 0.1) is 0 Å². The Balaban J connectivity index is 2.18. The first-order valence-corrected chi connectivity index (χ1v) is 4.07. The van der Waals surface area contributed by atoms with Crippen LogP contribution in [0.4, 0.5) is 17.3 Å². The van der Waals surface area contributed by atoms with Gasteiger partial charge in [-0.25, -0.2) is 4.98 Å². The molecule has 0 atom stereocenters. The molecule has 3 N–H and O–H groups in total. The summed E-state index contributed by atoms with van der Waals surface area (Å²) in [5.41, 5.74) is 6.34. The highest BCUT2D eigenvalue weighted by atomic mass is 15.3. The van der Waals surface area contributed by atoms with E-state index in [1.807, 2.05) is 13.2 Å². The third-order valence-electron chi connectivity index (χ3n) is 1.63. The van der Waals surface area contributed by atoms with Gasteiger partial charge in [0.25, 0.3) is 0 Å². The summed E-state index contributed by atoms with van der Waals surface area (Å²) >= 11 is 0. The van der Waals surface area contributed by atoms with Crippen molar-refractivity contribution in [3.63, 3.8) is 0 Å². The van der Waals surface area contributed by atoms with Crippen molar-refractivity contribution < 1.29 is 0 Å². The molecule has 0 saturated heterocycles. The van der Waals surface area contributed by atoms with Gasteiger partial charge in [0.05, 0.1) is 24.3 Å². The first-order valence-electron chi connectivity index (χ1n) is 4.07. The van der Waals surface area contributed by atoms with Gasteiger partial charge in [-0.2, -0.15) is 5.10 Å². The molecule has 0 saturated carbocycles. The van der Waals surface area contributed by atoms with Crippen LogP contribution in [0.2, 0.25) is 0 Å². The van der Waals surface area contributed by atoms with Gasteiger partial charge in [0, 0.05) is 13.2 Å². The van der Waals surface area contributed by atoms with Gasteiger partial charge in [0.1, 0.15) is 5.82 Å². The number of nitrogens with two attached hydrogens (primary N) is 1. The molecule has 72 valence electrons. The van der Waals surface area contributed by atoms with Crippen molar-refractivity contribution >= 4 is 17.3 Å². The van der Waals surface area contributed by atoms with Gasteiger partial charge in [-0.05, 0) is 0 Å². The van der Waals surface area contributed by atoms with E-state index in [1.54, 1.807) is 17.1 Å². The molecule has 0 unspecified atom stereocenters. The fourth-order valence-electron chi connectivity index (χ4n) is 1.07. The lowest BCUT2D eigenvalue weighted by Gasteiger charge is -2.01. The Morgan fingerprint density at radius 2 is 2.21 bits per heavy atom. The number of nitrogen functional groups attached to an aromatic ring is 1. The Morgan fingerprint density at radius 3 is 2.86 bits per heavy atom. The minimum atomic E-state index is 0.388. The molecule has 6 heteroatoms. The Morgan fingerprint density at radius 1 is 1.36 bits per heavy atom. The van der Waals surface area contributed by atoms with Crippen LogP contribution in [0.5, 0.6) is 0 Å². The Kier molecular flexibility index (Phi) is 2.02. The highest BCUT2D eigenvalue weighted by molar-refractivity contribution is 5.54. The van der Waals surface area contributed by atoms with E-state index in [9.17, 15) is 0 Å². The molecule has 0 aromatic carbocycles. The topological polar surface area (TPSA) is 81.7 Å². The standard InChI is InChI=1S/C8H10N6/c1-14-5-6(2-11-14)12-8-4-10-3-7(9)13-8/h2-5H,1H3,(H3,9,12,13). The van der Waals surface area contributed by atoms with Crippen molar-refractivity contribution in [2.45, 2.75) is 0 Å². The lowest BCUT2D eigenvalue weighted by Crippen LogP contribution is -1.97. The predicted octanol–water partition coefficient (Wildman–Crippen LogP) is 0.536. The number of nitrogens with one attached hydrogen (secondary N) is 1. The van der Waals surface area contributed by atoms with Crippen LogP contribution < -0.4 is 11.1 Å².